The maximum atomic E-state index is 14.5. The van der Waals surface area contributed by atoms with E-state index >= 15 is 0 Å². The van der Waals surface area contributed by atoms with Crippen LogP contribution in [-0.2, 0) is 9.84 Å². The molecule has 6 aromatic carbocycles. The zero-order valence-electron chi connectivity index (χ0n) is 29.6. The molecule has 0 fully saturated rings. The van der Waals surface area contributed by atoms with E-state index in [-0.39, 0.29) is 10.5 Å². The van der Waals surface area contributed by atoms with Crippen LogP contribution in [0.4, 0.5) is 0 Å². The van der Waals surface area contributed by atoms with Crippen molar-refractivity contribution in [2.24, 2.45) is 0 Å². The van der Waals surface area contributed by atoms with Crippen LogP contribution in [0.3, 0.4) is 0 Å². The molecule has 1 unspecified atom stereocenters. The Labute approximate surface area is 301 Å². The van der Waals surface area contributed by atoms with Gasteiger partial charge in [-0.15, -0.1) is 10.5 Å². The fraction of sp³-hybridized carbons (Fsp3) is 0.128. The fourth-order valence-electron chi connectivity index (χ4n) is 9.63. The maximum absolute atomic E-state index is 14.5. The molecule has 4 aliphatic rings. The summed E-state index contributed by atoms with van der Waals surface area (Å²) in [5, 5.41) is 4.45. The Bertz CT molecular complexity index is 3000. The average molecular weight is 697 g/mol. The highest BCUT2D eigenvalue weighted by Gasteiger charge is 2.43. The molecule has 51 heavy (non-hydrogen) atoms. The number of benzene rings is 6. The molecule has 6 aromatic rings. The minimum Gasteiger partial charge on any atom is -0.218 e. The summed E-state index contributed by atoms with van der Waals surface area (Å²) in [7, 11) is -4.07. The molecule has 4 heteroatoms. The highest BCUT2D eigenvalue weighted by molar-refractivity contribution is 8.18. The van der Waals surface area contributed by atoms with E-state index in [4.69, 9.17) is 5.87 Å². The molecule has 0 saturated heterocycles. The van der Waals surface area contributed by atoms with Crippen LogP contribution in [0.2, 0.25) is 0 Å². The molecule has 2 heterocycles. The van der Waals surface area contributed by atoms with Gasteiger partial charge in [-0.25, -0.2) is 8.42 Å². The number of fused-ring (bicyclic) bond motifs is 9. The van der Waals surface area contributed by atoms with Gasteiger partial charge in [0, 0.05) is 37.7 Å². The maximum Gasteiger partial charge on any atom is 0.208 e. The molecule has 1 atom stereocenters. The van der Waals surface area contributed by atoms with Crippen molar-refractivity contribution in [3.63, 3.8) is 0 Å². The lowest BCUT2D eigenvalue weighted by Crippen LogP contribution is -2.16. The molecule has 2 aliphatic carbocycles. The van der Waals surface area contributed by atoms with E-state index in [9.17, 15) is 8.42 Å². The Morgan fingerprint density at radius 3 is 1.61 bits per heavy atom. The predicted octanol–water partition coefficient (Wildman–Crippen LogP) is 9.50. The molecule has 10 rings (SSSR count). The number of hydrogen-bond acceptors (Lipinski definition) is 2. The van der Waals surface area contributed by atoms with Crippen molar-refractivity contribution in [2.75, 3.05) is 0 Å². The van der Waals surface area contributed by atoms with Gasteiger partial charge in [0.25, 0.3) is 0 Å². The van der Waals surface area contributed by atoms with Gasteiger partial charge in [0.1, 0.15) is 0 Å². The minimum atomic E-state index is -3.75. The Kier molecular flexibility index (Phi) is 6.20. The van der Waals surface area contributed by atoms with Gasteiger partial charge in [-0.2, -0.15) is 0 Å². The Balaban J connectivity index is 1.36. The first-order valence-corrected chi connectivity index (χ1v) is 20.3. The third-order valence-electron chi connectivity index (χ3n) is 11.3. The second-order valence-electron chi connectivity index (χ2n) is 14.7. The quantitative estimate of drug-likeness (QED) is 0.169. The normalized spacial score (nSPS) is 17.6. The third-order valence-corrected chi connectivity index (χ3v) is 15.0. The third kappa shape index (κ3) is 3.95. The van der Waals surface area contributed by atoms with Gasteiger partial charge >= 0.3 is 0 Å². The molecule has 0 aromatic heterocycles. The van der Waals surface area contributed by atoms with E-state index in [0.29, 0.717) is 9.80 Å². The van der Waals surface area contributed by atoms with Crippen LogP contribution in [0, 0.1) is 41.5 Å². The predicted molar refractivity (Wildman–Crippen MR) is 215 cm³/mol. The molecule has 2 nitrogen and oxygen atoms in total. The fourth-order valence-corrected chi connectivity index (χ4v) is 13.4. The lowest BCUT2D eigenvalue weighted by atomic mass is 9.91. The van der Waals surface area contributed by atoms with Crippen LogP contribution in [0.25, 0.3) is 33.1 Å². The summed E-state index contributed by atoms with van der Waals surface area (Å²) in [6, 6.07) is 34.5. The lowest BCUT2D eigenvalue weighted by molar-refractivity contribution is 0.604. The van der Waals surface area contributed by atoms with Crippen LogP contribution in [0.5, 0.6) is 0 Å². The Morgan fingerprint density at radius 1 is 0.510 bits per heavy atom. The molecule has 0 amide bonds. The second kappa shape index (κ2) is 10.3. The Morgan fingerprint density at radius 2 is 1.00 bits per heavy atom. The molecule has 0 spiro atoms. The number of allylic oxidation sites excluding steroid dienone is 2. The zero-order chi connectivity index (χ0) is 35.2. The number of rotatable bonds is 2. The summed E-state index contributed by atoms with van der Waals surface area (Å²) < 4.78 is 29.1. The summed E-state index contributed by atoms with van der Waals surface area (Å²) in [4.78, 5) is 3.48. The van der Waals surface area contributed by atoms with Gasteiger partial charge in [-0.1, -0.05) is 77.7 Å². The summed E-state index contributed by atoms with van der Waals surface area (Å²) in [5.74, 6) is 4.80. The largest absolute Gasteiger partial charge is 0.218 e. The SMILES string of the molecule is C=S1C2=C(c3ccccc31)c1cc3cc4c(cc3cc1=C2c1c(C)cc(C)cc1C)C1=C(C=4c2c(C)cc(C)cc2C)S(=O)(=O)c2ccccc21. The van der Waals surface area contributed by atoms with E-state index in [1.54, 1.807) is 6.07 Å². The van der Waals surface area contributed by atoms with E-state index < -0.39 is 9.84 Å². The summed E-state index contributed by atoms with van der Waals surface area (Å²) in [5.41, 5.74) is 18.0. The standard InChI is InChI=1S/C47H36O2S2/c1-24-16-26(3)40(27(4)17-24)44-36-22-31-21-35-37(23-30(31)20-34(36)42-32-12-8-10-14-38(32)50(7)46(42)44)45(41-28(5)18-25(2)19-29(41)6)47-43(35)33-13-9-11-15-39(33)51(47,48)49/h8-23H,7H2,1-6H3. The smallest absolute Gasteiger partial charge is 0.208 e. The first-order chi connectivity index (χ1) is 24.5. The number of aryl methyl sites for hydroxylation is 6. The van der Waals surface area contributed by atoms with Crippen LogP contribution in [0.15, 0.2) is 117 Å². The van der Waals surface area contributed by atoms with Crippen molar-refractivity contribution in [3.05, 3.63) is 184 Å². The van der Waals surface area contributed by atoms with Crippen LogP contribution in [-0.4, -0.2) is 14.3 Å². The molecule has 0 radical (unpaired) electrons. The molecular weight excluding hydrogens is 661 g/mol. The van der Waals surface area contributed by atoms with Crippen LogP contribution >= 0.6 is 10.5 Å². The van der Waals surface area contributed by atoms with Gasteiger partial charge in [0.05, 0.1) is 9.80 Å². The van der Waals surface area contributed by atoms with Crippen molar-refractivity contribution < 1.29 is 8.42 Å². The molecule has 2 aliphatic heterocycles. The molecule has 0 bridgehead atoms. The van der Waals surface area contributed by atoms with Crippen molar-refractivity contribution in [3.8, 4) is 0 Å². The summed E-state index contributed by atoms with van der Waals surface area (Å²) >= 11 is 0. The van der Waals surface area contributed by atoms with Crippen molar-refractivity contribution in [1.29, 1.82) is 0 Å². The van der Waals surface area contributed by atoms with Crippen molar-refractivity contribution >= 4 is 59.3 Å². The van der Waals surface area contributed by atoms with Crippen molar-refractivity contribution in [1.82, 2.24) is 0 Å². The van der Waals surface area contributed by atoms with E-state index in [0.717, 1.165) is 55.0 Å². The molecule has 0 saturated carbocycles. The highest BCUT2D eigenvalue weighted by atomic mass is 32.2. The van der Waals surface area contributed by atoms with Gasteiger partial charge in [-0.05, 0) is 149 Å². The highest BCUT2D eigenvalue weighted by Crippen LogP contribution is 2.58. The van der Waals surface area contributed by atoms with Gasteiger partial charge in [-0.3, -0.25) is 0 Å². The second-order valence-corrected chi connectivity index (χ2v) is 18.2. The lowest BCUT2D eigenvalue weighted by Gasteiger charge is -2.17. The summed E-state index contributed by atoms with van der Waals surface area (Å²) in [6.07, 6.45) is 0. The first-order valence-electron chi connectivity index (χ1n) is 17.5. The van der Waals surface area contributed by atoms with E-state index in [1.165, 1.54) is 65.1 Å². The van der Waals surface area contributed by atoms with Crippen molar-refractivity contribution in [2.45, 2.75) is 51.3 Å². The average Bonchev–Trinajstić information content (AvgIpc) is 3.74. The molecule has 0 N–H and O–H groups in total. The van der Waals surface area contributed by atoms with Gasteiger partial charge in [0.2, 0.25) is 9.84 Å². The monoisotopic (exact) mass is 696 g/mol. The molecular formula is C47H36O2S2. The van der Waals surface area contributed by atoms with Crippen LogP contribution in [0.1, 0.15) is 66.8 Å². The van der Waals surface area contributed by atoms with Gasteiger partial charge < -0.3 is 0 Å². The van der Waals surface area contributed by atoms with Gasteiger partial charge in [0.15, 0.2) is 0 Å². The Hall–Kier alpha value is -5.03. The topological polar surface area (TPSA) is 34.1 Å². The zero-order valence-corrected chi connectivity index (χ0v) is 31.2. The van der Waals surface area contributed by atoms with E-state index in [2.05, 4.69) is 114 Å². The minimum absolute atomic E-state index is 0.330. The molecule has 248 valence electrons. The van der Waals surface area contributed by atoms with E-state index in [1.807, 2.05) is 18.2 Å². The van der Waals surface area contributed by atoms with Crippen LogP contribution < -0.4 is 10.4 Å². The summed E-state index contributed by atoms with van der Waals surface area (Å²) in [6.45, 7) is 13.0. The number of sulfone groups is 1. The first kappa shape index (κ1) is 30.8. The number of hydrogen-bond donors (Lipinski definition) is 0.